The summed E-state index contributed by atoms with van der Waals surface area (Å²) in [6.45, 7) is 3.23. The molecule has 0 aliphatic heterocycles. The summed E-state index contributed by atoms with van der Waals surface area (Å²) in [4.78, 5) is 0. The number of hydrogen-bond donors (Lipinski definition) is 0. The fourth-order valence-corrected chi connectivity index (χ4v) is 5.65. The van der Waals surface area contributed by atoms with Crippen LogP contribution in [0.1, 0.15) is 18.1 Å². The average Bonchev–Trinajstić information content (AvgIpc) is 3.32. The van der Waals surface area contributed by atoms with E-state index in [1.54, 1.807) is 0 Å². The normalized spacial score (nSPS) is 12.8. The number of aryl methyl sites for hydroxylation is 1. The molecule has 0 radical (unpaired) electrons. The first-order chi connectivity index (χ1) is 14.8. The SMILES string of the molecule is CCn1c2cc3c(cc2c2ccc4ccccc4c21)Cc1ccc2ccccc2c1-3. The zero-order chi connectivity index (χ0) is 19.8. The Morgan fingerprint density at radius 3 is 2.23 bits per heavy atom. The van der Waals surface area contributed by atoms with Crippen molar-refractivity contribution >= 4 is 43.4 Å². The van der Waals surface area contributed by atoms with Gasteiger partial charge in [-0.2, -0.15) is 0 Å². The molecular weight excluding hydrogens is 362 g/mol. The highest BCUT2D eigenvalue weighted by Gasteiger charge is 2.23. The first kappa shape index (κ1) is 16.2. The molecule has 0 unspecified atom stereocenters. The van der Waals surface area contributed by atoms with Gasteiger partial charge in [0.15, 0.2) is 0 Å². The van der Waals surface area contributed by atoms with Gasteiger partial charge in [-0.1, -0.05) is 72.8 Å². The molecule has 1 heteroatoms. The maximum absolute atomic E-state index is 2.51. The Morgan fingerprint density at radius 2 is 1.40 bits per heavy atom. The largest absolute Gasteiger partial charge is 0.340 e. The Bertz CT molecular complexity index is 1650. The maximum Gasteiger partial charge on any atom is 0.0570 e. The van der Waals surface area contributed by atoms with Crippen LogP contribution in [0.4, 0.5) is 0 Å². The van der Waals surface area contributed by atoms with Crippen LogP contribution in [0.3, 0.4) is 0 Å². The second kappa shape index (κ2) is 5.73. The second-order valence-corrected chi connectivity index (χ2v) is 8.45. The van der Waals surface area contributed by atoms with Gasteiger partial charge in [0, 0.05) is 28.2 Å². The van der Waals surface area contributed by atoms with E-state index in [0.29, 0.717) is 0 Å². The summed E-state index contributed by atoms with van der Waals surface area (Å²) in [6, 6.07) is 31.7. The Kier molecular flexibility index (Phi) is 3.10. The van der Waals surface area contributed by atoms with Crippen LogP contribution in [-0.2, 0) is 13.0 Å². The van der Waals surface area contributed by atoms with Gasteiger partial charge >= 0.3 is 0 Å². The first-order valence-corrected chi connectivity index (χ1v) is 10.8. The lowest BCUT2D eigenvalue weighted by Gasteiger charge is -2.09. The standard InChI is InChI=1S/C29H21N/c1-2-30-27-17-25-21(15-20-12-11-18-7-3-5-9-22(18)28(20)25)16-26(27)24-14-13-19-8-4-6-10-23(19)29(24)30/h3-14,16-17H,2,15H2,1H3. The molecule has 30 heavy (non-hydrogen) atoms. The predicted octanol–water partition coefficient (Wildman–Crippen LogP) is 7.69. The van der Waals surface area contributed by atoms with Crippen LogP contribution in [-0.4, -0.2) is 4.57 Å². The van der Waals surface area contributed by atoms with Crippen molar-refractivity contribution in [1.82, 2.24) is 4.57 Å². The predicted molar refractivity (Wildman–Crippen MR) is 128 cm³/mol. The quantitative estimate of drug-likeness (QED) is 0.274. The van der Waals surface area contributed by atoms with E-state index in [0.717, 1.165) is 13.0 Å². The Balaban J connectivity index is 1.64. The van der Waals surface area contributed by atoms with Crippen LogP contribution >= 0.6 is 0 Å². The average molecular weight is 383 g/mol. The summed E-state index contributed by atoms with van der Waals surface area (Å²) in [5, 5.41) is 8.11. The van der Waals surface area contributed by atoms with E-state index in [2.05, 4.69) is 96.4 Å². The molecule has 5 aromatic carbocycles. The van der Waals surface area contributed by atoms with Crippen LogP contribution < -0.4 is 0 Å². The summed E-state index contributed by atoms with van der Waals surface area (Å²) in [5.74, 6) is 0. The lowest BCUT2D eigenvalue weighted by molar-refractivity contribution is 0.829. The molecule has 6 aromatic rings. The molecule has 0 N–H and O–H groups in total. The summed E-state index contributed by atoms with van der Waals surface area (Å²) in [5.41, 5.74) is 8.47. The van der Waals surface area contributed by atoms with Crippen LogP contribution in [0.15, 0.2) is 84.9 Å². The number of hydrogen-bond acceptors (Lipinski definition) is 0. The van der Waals surface area contributed by atoms with E-state index < -0.39 is 0 Å². The van der Waals surface area contributed by atoms with Crippen molar-refractivity contribution in [3.8, 4) is 11.1 Å². The van der Waals surface area contributed by atoms with Crippen LogP contribution in [0.5, 0.6) is 0 Å². The minimum Gasteiger partial charge on any atom is -0.340 e. The monoisotopic (exact) mass is 383 g/mol. The first-order valence-electron chi connectivity index (χ1n) is 10.8. The molecule has 1 aliphatic rings. The van der Waals surface area contributed by atoms with Crippen molar-refractivity contribution in [2.24, 2.45) is 0 Å². The van der Waals surface area contributed by atoms with Gasteiger partial charge < -0.3 is 4.57 Å². The number of nitrogens with zero attached hydrogens (tertiary/aromatic N) is 1. The third-order valence-corrected chi connectivity index (χ3v) is 6.95. The number of aromatic nitrogens is 1. The molecule has 0 amide bonds. The van der Waals surface area contributed by atoms with E-state index in [-0.39, 0.29) is 0 Å². The number of benzene rings is 5. The topological polar surface area (TPSA) is 4.93 Å². The summed E-state index contributed by atoms with van der Waals surface area (Å²) in [6.07, 6.45) is 1.03. The Hall–Kier alpha value is -3.58. The van der Waals surface area contributed by atoms with Crippen molar-refractivity contribution in [3.63, 3.8) is 0 Å². The van der Waals surface area contributed by atoms with Gasteiger partial charge in [-0.25, -0.2) is 0 Å². The third kappa shape index (κ3) is 1.97. The Morgan fingerprint density at radius 1 is 0.667 bits per heavy atom. The maximum atomic E-state index is 2.51. The molecule has 1 heterocycles. The fraction of sp³-hybridized carbons (Fsp3) is 0.103. The van der Waals surface area contributed by atoms with Crippen LogP contribution in [0, 0.1) is 0 Å². The second-order valence-electron chi connectivity index (χ2n) is 8.45. The summed E-state index contributed by atoms with van der Waals surface area (Å²) < 4.78 is 2.51. The number of fused-ring (bicyclic) bond motifs is 10. The molecular formula is C29H21N. The molecule has 1 aliphatic carbocycles. The molecule has 0 saturated heterocycles. The van der Waals surface area contributed by atoms with E-state index in [4.69, 9.17) is 0 Å². The Labute approximate surface area is 175 Å². The lowest BCUT2D eigenvalue weighted by atomic mass is 9.97. The highest BCUT2D eigenvalue weighted by Crippen LogP contribution is 2.45. The highest BCUT2D eigenvalue weighted by molar-refractivity contribution is 6.19. The molecule has 0 spiro atoms. The molecule has 1 aromatic heterocycles. The summed E-state index contributed by atoms with van der Waals surface area (Å²) >= 11 is 0. The zero-order valence-corrected chi connectivity index (χ0v) is 16.9. The van der Waals surface area contributed by atoms with Gasteiger partial charge in [0.05, 0.1) is 5.52 Å². The molecule has 142 valence electrons. The van der Waals surface area contributed by atoms with Crippen molar-refractivity contribution in [1.29, 1.82) is 0 Å². The molecule has 0 bridgehead atoms. The molecule has 0 saturated carbocycles. The van der Waals surface area contributed by atoms with Gasteiger partial charge in [-0.3, -0.25) is 0 Å². The third-order valence-electron chi connectivity index (χ3n) is 6.95. The van der Waals surface area contributed by atoms with Gasteiger partial charge in [-0.15, -0.1) is 0 Å². The number of rotatable bonds is 1. The van der Waals surface area contributed by atoms with Crippen LogP contribution in [0.25, 0.3) is 54.5 Å². The minimum atomic E-state index is 0.967. The van der Waals surface area contributed by atoms with Gasteiger partial charge in [0.25, 0.3) is 0 Å². The van der Waals surface area contributed by atoms with Crippen molar-refractivity contribution < 1.29 is 0 Å². The van der Waals surface area contributed by atoms with E-state index in [1.807, 2.05) is 0 Å². The van der Waals surface area contributed by atoms with Crippen molar-refractivity contribution in [2.45, 2.75) is 19.9 Å². The lowest BCUT2D eigenvalue weighted by Crippen LogP contribution is -1.94. The van der Waals surface area contributed by atoms with Gasteiger partial charge in [-0.05, 0) is 63.9 Å². The molecule has 7 rings (SSSR count). The molecule has 0 atom stereocenters. The fourth-order valence-electron chi connectivity index (χ4n) is 5.65. The van der Waals surface area contributed by atoms with Crippen molar-refractivity contribution in [3.05, 3.63) is 96.1 Å². The van der Waals surface area contributed by atoms with E-state index in [1.165, 1.54) is 65.6 Å². The van der Waals surface area contributed by atoms with Gasteiger partial charge in [0.2, 0.25) is 0 Å². The van der Waals surface area contributed by atoms with Crippen molar-refractivity contribution in [2.75, 3.05) is 0 Å². The molecule has 1 nitrogen and oxygen atoms in total. The minimum absolute atomic E-state index is 0.967. The molecule has 0 fully saturated rings. The van der Waals surface area contributed by atoms with E-state index >= 15 is 0 Å². The smallest absolute Gasteiger partial charge is 0.0570 e. The van der Waals surface area contributed by atoms with Crippen LogP contribution in [0.2, 0.25) is 0 Å². The highest BCUT2D eigenvalue weighted by atomic mass is 15.0. The zero-order valence-electron chi connectivity index (χ0n) is 16.9. The van der Waals surface area contributed by atoms with Gasteiger partial charge in [0.1, 0.15) is 0 Å². The summed E-state index contributed by atoms with van der Waals surface area (Å²) in [7, 11) is 0. The van der Waals surface area contributed by atoms with E-state index in [9.17, 15) is 0 Å².